The van der Waals surface area contributed by atoms with E-state index in [0.717, 1.165) is 29.1 Å². The number of carbonyl (C=O) groups is 1. The fourth-order valence-electron chi connectivity index (χ4n) is 3.32. The zero-order valence-corrected chi connectivity index (χ0v) is 18.7. The normalized spacial score (nSPS) is 16.8. The van der Waals surface area contributed by atoms with Gasteiger partial charge in [0.05, 0.1) is 30.6 Å². The molecular formula is C23H26N4O3S. The maximum Gasteiger partial charge on any atom is 0.251 e. The Morgan fingerprint density at radius 1 is 1.32 bits per heavy atom. The Bertz CT molecular complexity index is 1050. The Labute approximate surface area is 185 Å². The van der Waals surface area contributed by atoms with Gasteiger partial charge in [-0.3, -0.25) is 4.79 Å². The summed E-state index contributed by atoms with van der Waals surface area (Å²) in [5, 5.41) is 12.1. The molecule has 162 valence electrons. The number of ether oxygens (including phenoxy) is 2. The van der Waals surface area contributed by atoms with E-state index in [9.17, 15) is 4.79 Å². The molecule has 0 aliphatic carbocycles. The fourth-order valence-corrected chi connectivity index (χ4v) is 4.16. The van der Waals surface area contributed by atoms with Crippen LogP contribution in [0.2, 0.25) is 0 Å². The van der Waals surface area contributed by atoms with Gasteiger partial charge in [-0.1, -0.05) is 6.92 Å². The van der Waals surface area contributed by atoms with Crippen LogP contribution in [0.15, 0.2) is 36.5 Å². The summed E-state index contributed by atoms with van der Waals surface area (Å²) < 4.78 is 11.5. The second-order valence-corrected chi connectivity index (χ2v) is 8.74. The molecule has 7 nitrogen and oxygen atoms in total. The summed E-state index contributed by atoms with van der Waals surface area (Å²) in [4.78, 5) is 18.8. The molecule has 2 atom stereocenters. The summed E-state index contributed by atoms with van der Waals surface area (Å²) in [6, 6.07) is 9.07. The van der Waals surface area contributed by atoms with Gasteiger partial charge in [0.1, 0.15) is 16.9 Å². The summed E-state index contributed by atoms with van der Waals surface area (Å²) in [7, 11) is 0. The number of thiazole rings is 1. The lowest BCUT2D eigenvalue weighted by molar-refractivity contribution is 0.0938. The number of aromatic nitrogens is 3. The number of amides is 1. The summed E-state index contributed by atoms with van der Waals surface area (Å²) in [5.41, 5.74) is 2.94. The van der Waals surface area contributed by atoms with E-state index >= 15 is 0 Å². The van der Waals surface area contributed by atoms with Gasteiger partial charge in [-0.15, -0.1) is 11.3 Å². The van der Waals surface area contributed by atoms with Gasteiger partial charge in [0.15, 0.2) is 0 Å². The Kier molecular flexibility index (Phi) is 6.58. The molecular weight excluding hydrogens is 412 g/mol. The zero-order valence-electron chi connectivity index (χ0n) is 17.9. The summed E-state index contributed by atoms with van der Waals surface area (Å²) in [6.45, 7) is 7.13. The second kappa shape index (κ2) is 9.53. The van der Waals surface area contributed by atoms with Crippen molar-refractivity contribution in [3.63, 3.8) is 0 Å². The molecule has 3 heterocycles. The van der Waals surface area contributed by atoms with Crippen LogP contribution in [-0.4, -0.2) is 40.4 Å². The lowest BCUT2D eigenvalue weighted by Crippen LogP contribution is -2.27. The Hall–Kier alpha value is -2.84. The highest BCUT2D eigenvalue weighted by Crippen LogP contribution is 2.31. The maximum atomic E-state index is 13.1. The third kappa shape index (κ3) is 5.26. The molecule has 1 unspecified atom stereocenters. The molecule has 1 amide bonds. The van der Waals surface area contributed by atoms with Crippen LogP contribution in [0.1, 0.15) is 52.9 Å². The van der Waals surface area contributed by atoms with Gasteiger partial charge in [-0.25, -0.2) is 4.98 Å². The van der Waals surface area contributed by atoms with Crippen LogP contribution in [0.4, 0.5) is 0 Å². The Morgan fingerprint density at radius 2 is 2.19 bits per heavy atom. The standard InChI is InChI=1S/C23H26N4O3S/c1-4-20-12-24-23(31-20)17-9-16(10-19(11-17)30-18-7-8-29-13-18)22(28)25-15(3)21-6-5-14(2)26-27-21/h5-6,9-12,15,18H,4,7-8,13H2,1-3H3,(H,25,28)/t15?,18-/m1/s1. The molecule has 0 bridgehead atoms. The SMILES string of the molecule is CCc1cnc(-c2cc(O[C@@H]3CCOC3)cc(C(=O)NC(C)c3ccc(C)nn3)c2)s1. The topological polar surface area (TPSA) is 86.2 Å². The molecule has 1 aromatic carbocycles. The van der Waals surface area contributed by atoms with Crippen molar-refractivity contribution in [2.75, 3.05) is 13.2 Å². The van der Waals surface area contributed by atoms with Crippen LogP contribution in [0, 0.1) is 6.92 Å². The largest absolute Gasteiger partial charge is 0.488 e. The first-order valence-electron chi connectivity index (χ1n) is 10.5. The van der Waals surface area contributed by atoms with Gasteiger partial charge >= 0.3 is 0 Å². The van der Waals surface area contributed by atoms with E-state index in [0.29, 0.717) is 30.2 Å². The first kappa shape index (κ1) is 21.4. The molecule has 31 heavy (non-hydrogen) atoms. The molecule has 1 N–H and O–H groups in total. The van der Waals surface area contributed by atoms with Crippen molar-refractivity contribution in [1.82, 2.24) is 20.5 Å². The minimum atomic E-state index is -0.275. The van der Waals surface area contributed by atoms with Crippen LogP contribution < -0.4 is 10.1 Å². The average molecular weight is 439 g/mol. The van der Waals surface area contributed by atoms with Gasteiger partial charge in [0.2, 0.25) is 0 Å². The number of nitrogens with one attached hydrogen (secondary N) is 1. The number of hydrogen-bond donors (Lipinski definition) is 1. The first-order chi connectivity index (χ1) is 15.0. The summed E-state index contributed by atoms with van der Waals surface area (Å²) in [5.74, 6) is 0.450. The van der Waals surface area contributed by atoms with Crippen molar-refractivity contribution in [2.45, 2.75) is 45.8 Å². The predicted octanol–water partition coefficient (Wildman–Crippen LogP) is 4.13. The van der Waals surface area contributed by atoms with E-state index in [1.54, 1.807) is 17.4 Å². The lowest BCUT2D eigenvalue weighted by Gasteiger charge is -2.16. The van der Waals surface area contributed by atoms with E-state index in [1.165, 1.54) is 4.88 Å². The number of aryl methyl sites for hydroxylation is 2. The van der Waals surface area contributed by atoms with E-state index in [2.05, 4.69) is 27.4 Å². The highest BCUT2D eigenvalue weighted by atomic mass is 32.1. The minimum absolute atomic E-state index is 0.00425. The van der Waals surface area contributed by atoms with E-state index in [-0.39, 0.29) is 18.1 Å². The first-order valence-corrected chi connectivity index (χ1v) is 11.3. The van der Waals surface area contributed by atoms with Crippen molar-refractivity contribution in [2.24, 2.45) is 0 Å². The molecule has 2 aromatic heterocycles. The van der Waals surface area contributed by atoms with Crippen molar-refractivity contribution < 1.29 is 14.3 Å². The van der Waals surface area contributed by atoms with E-state index in [4.69, 9.17) is 9.47 Å². The van der Waals surface area contributed by atoms with Crippen molar-refractivity contribution >= 4 is 17.2 Å². The van der Waals surface area contributed by atoms with Gasteiger partial charge in [-0.2, -0.15) is 10.2 Å². The molecule has 1 fully saturated rings. The van der Waals surface area contributed by atoms with Crippen LogP contribution >= 0.6 is 11.3 Å². The third-order valence-corrected chi connectivity index (χ3v) is 6.31. The molecule has 1 saturated heterocycles. The smallest absolute Gasteiger partial charge is 0.251 e. The molecule has 0 spiro atoms. The maximum absolute atomic E-state index is 13.1. The predicted molar refractivity (Wildman–Crippen MR) is 119 cm³/mol. The zero-order chi connectivity index (χ0) is 21.8. The molecule has 4 rings (SSSR count). The van der Waals surface area contributed by atoms with Crippen LogP contribution in [-0.2, 0) is 11.2 Å². The third-order valence-electron chi connectivity index (χ3n) is 5.12. The van der Waals surface area contributed by atoms with Gasteiger partial charge in [-0.05, 0) is 50.6 Å². The van der Waals surface area contributed by atoms with Gasteiger partial charge in [0, 0.05) is 28.6 Å². The number of nitrogens with zero attached hydrogens (tertiary/aromatic N) is 3. The highest BCUT2D eigenvalue weighted by Gasteiger charge is 2.20. The summed E-state index contributed by atoms with van der Waals surface area (Å²) >= 11 is 1.63. The molecule has 8 heteroatoms. The Morgan fingerprint density at radius 3 is 2.87 bits per heavy atom. The molecule has 3 aromatic rings. The van der Waals surface area contributed by atoms with Crippen LogP contribution in [0.3, 0.4) is 0 Å². The molecule has 0 radical (unpaired) electrons. The van der Waals surface area contributed by atoms with E-state index < -0.39 is 0 Å². The highest BCUT2D eigenvalue weighted by molar-refractivity contribution is 7.15. The summed E-state index contributed by atoms with van der Waals surface area (Å²) in [6.07, 6.45) is 3.65. The van der Waals surface area contributed by atoms with Crippen molar-refractivity contribution in [3.8, 4) is 16.3 Å². The number of hydrogen-bond acceptors (Lipinski definition) is 7. The van der Waals surface area contributed by atoms with Gasteiger partial charge < -0.3 is 14.8 Å². The minimum Gasteiger partial charge on any atom is -0.488 e. The average Bonchev–Trinajstić information content (AvgIpc) is 3.46. The number of carbonyl (C=O) groups excluding carboxylic acids is 1. The molecule has 1 aliphatic heterocycles. The monoisotopic (exact) mass is 438 g/mol. The van der Waals surface area contributed by atoms with E-state index in [1.807, 2.05) is 44.3 Å². The van der Waals surface area contributed by atoms with Gasteiger partial charge in [0.25, 0.3) is 5.91 Å². The van der Waals surface area contributed by atoms with Crippen molar-refractivity contribution in [3.05, 3.63) is 58.4 Å². The lowest BCUT2D eigenvalue weighted by atomic mass is 10.1. The molecule has 1 aliphatic rings. The van der Waals surface area contributed by atoms with Crippen molar-refractivity contribution in [1.29, 1.82) is 0 Å². The second-order valence-electron chi connectivity index (χ2n) is 7.63. The van der Waals surface area contributed by atoms with Crippen LogP contribution in [0.5, 0.6) is 5.75 Å². The van der Waals surface area contributed by atoms with Crippen LogP contribution in [0.25, 0.3) is 10.6 Å². The fraction of sp³-hybridized carbons (Fsp3) is 0.391. The quantitative estimate of drug-likeness (QED) is 0.597. The number of rotatable bonds is 7. The Balaban J connectivity index is 1.60. The molecule has 0 saturated carbocycles. The number of benzene rings is 1.